The topological polar surface area (TPSA) is 43.2 Å². The molecule has 1 heterocycles. The lowest BCUT2D eigenvalue weighted by Crippen LogP contribution is -3.12. The molecule has 0 saturated carbocycles. The summed E-state index contributed by atoms with van der Waals surface area (Å²) >= 11 is 0. The van der Waals surface area contributed by atoms with Crippen LogP contribution >= 0.6 is 0 Å². The van der Waals surface area contributed by atoms with Crippen molar-refractivity contribution >= 4 is 5.91 Å². The molecule has 1 aliphatic heterocycles. The van der Waals surface area contributed by atoms with Crippen LogP contribution in [-0.4, -0.2) is 50.7 Å². The van der Waals surface area contributed by atoms with Crippen molar-refractivity contribution < 1.29 is 19.2 Å². The first-order valence-corrected chi connectivity index (χ1v) is 9.54. The van der Waals surface area contributed by atoms with E-state index in [4.69, 9.17) is 9.47 Å². The number of carbonyl (C=O) groups excluding carboxylic acids is 1. The minimum absolute atomic E-state index is 0.160. The van der Waals surface area contributed by atoms with Gasteiger partial charge in [-0.05, 0) is 51.8 Å². The van der Waals surface area contributed by atoms with E-state index in [0.29, 0.717) is 12.5 Å². The van der Waals surface area contributed by atoms with Crippen LogP contribution in [0.2, 0.25) is 0 Å². The molecule has 0 aliphatic carbocycles. The van der Waals surface area contributed by atoms with E-state index >= 15 is 0 Å². The second-order valence-electron chi connectivity index (χ2n) is 6.65. The third-order valence-corrected chi connectivity index (χ3v) is 5.02. The summed E-state index contributed by atoms with van der Waals surface area (Å²) in [4.78, 5) is 16.1. The van der Waals surface area contributed by atoms with Crippen LogP contribution in [0, 0.1) is 5.92 Å². The van der Waals surface area contributed by atoms with Crippen LogP contribution in [0.1, 0.15) is 39.2 Å². The predicted molar refractivity (Wildman–Crippen MR) is 99.2 cm³/mol. The highest BCUT2D eigenvalue weighted by molar-refractivity contribution is 5.78. The molecule has 1 saturated heterocycles. The molecule has 140 valence electrons. The van der Waals surface area contributed by atoms with Gasteiger partial charge < -0.3 is 19.3 Å². The van der Waals surface area contributed by atoms with Gasteiger partial charge in [0.1, 0.15) is 6.54 Å². The number of methoxy groups -OCH3 is 1. The van der Waals surface area contributed by atoms with Crippen molar-refractivity contribution in [1.29, 1.82) is 0 Å². The summed E-state index contributed by atoms with van der Waals surface area (Å²) in [5.41, 5.74) is 1.23. The summed E-state index contributed by atoms with van der Waals surface area (Å²) in [6.07, 6.45) is 2.13. The van der Waals surface area contributed by atoms with Gasteiger partial charge in [0.15, 0.2) is 11.5 Å². The van der Waals surface area contributed by atoms with Crippen LogP contribution in [0.3, 0.4) is 0 Å². The molecule has 1 amide bonds. The van der Waals surface area contributed by atoms with Crippen LogP contribution in [0.5, 0.6) is 11.5 Å². The van der Waals surface area contributed by atoms with Crippen LogP contribution < -0.4 is 14.4 Å². The second kappa shape index (κ2) is 9.66. The quantitative estimate of drug-likeness (QED) is 0.778. The van der Waals surface area contributed by atoms with Crippen molar-refractivity contribution in [3.8, 4) is 11.5 Å². The first kappa shape index (κ1) is 19.6. The van der Waals surface area contributed by atoms with Crippen molar-refractivity contribution in [1.82, 2.24) is 4.90 Å². The lowest BCUT2D eigenvalue weighted by Gasteiger charge is -2.32. The van der Waals surface area contributed by atoms with Crippen molar-refractivity contribution in [3.05, 3.63) is 23.8 Å². The second-order valence-corrected chi connectivity index (χ2v) is 6.65. The number of benzene rings is 1. The van der Waals surface area contributed by atoms with Gasteiger partial charge in [-0.3, -0.25) is 4.79 Å². The average molecular weight is 349 g/mol. The van der Waals surface area contributed by atoms with Gasteiger partial charge in [0.05, 0.1) is 32.7 Å². The van der Waals surface area contributed by atoms with Gasteiger partial charge in [0, 0.05) is 18.7 Å². The minimum atomic E-state index is 0.160. The molecule has 1 unspecified atom stereocenters. The van der Waals surface area contributed by atoms with Gasteiger partial charge in [0.2, 0.25) is 5.91 Å². The fraction of sp³-hybridized carbons (Fsp3) is 0.650. The van der Waals surface area contributed by atoms with Gasteiger partial charge in [-0.25, -0.2) is 0 Å². The van der Waals surface area contributed by atoms with Crippen molar-refractivity contribution in [2.45, 2.75) is 40.2 Å². The number of quaternary nitrogens is 1. The number of hydrogen-bond donors (Lipinski definition) is 1. The number of likely N-dealkylation sites (tertiary alicyclic amines) is 1. The Balaban J connectivity index is 2.02. The fourth-order valence-electron chi connectivity index (χ4n) is 3.70. The largest absolute Gasteiger partial charge is 0.493 e. The summed E-state index contributed by atoms with van der Waals surface area (Å²) < 4.78 is 11.0. The Kier molecular flexibility index (Phi) is 7.56. The Morgan fingerprint density at radius 3 is 2.64 bits per heavy atom. The van der Waals surface area contributed by atoms with E-state index in [2.05, 4.69) is 26.0 Å². The number of nitrogens with zero attached hydrogens (tertiary/aromatic N) is 1. The SMILES string of the molecule is CCOc1cc(C[NH+]2CCC[C@@H](C(=O)N(CC)CC)C2)ccc1OC. The Morgan fingerprint density at radius 1 is 1.24 bits per heavy atom. The number of amides is 1. The van der Waals surface area contributed by atoms with Gasteiger partial charge in [-0.1, -0.05) is 0 Å². The van der Waals surface area contributed by atoms with E-state index in [1.165, 1.54) is 10.5 Å². The molecule has 5 nitrogen and oxygen atoms in total. The zero-order valence-electron chi connectivity index (χ0n) is 16.1. The molecule has 0 spiro atoms. The third-order valence-electron chi connectivity index (χ3n) is 5.02. The van der Waals surface area contributed by atoms with Crippen LogP contribution in [-0.2, 0) is 11.3 Å². The molecule has 25 heavy (non-hydrogen) atoms. The van der Waals surface area contributed by atoms with Crippen LogP contribution in [0.15, 0.2) is 18.2 Å². The number of piperidine rings is 1. The van der Waals surface area contributed by atoms with Gasteiger partial charge in [-0.15, -0.1) is 0 Å². The maximum Gasteiger partial charge on any atom is 0.231 e. The van der Waals surface area contributed by atoms with Crippen LogP contribution in [0.4, 0.5) is 0 Å². The van der Waals surface area contributed by atoms with E-state index in [1.54, 1.807) is 7.11 Å². The summed E-state index contributed by atoms with van der Waals surface area (Å²) in [5, 5.41) is 0. The number of rotatable bonds is 8. The van der Waals surface area contributed by atoms with E-state index in [0.717, 1.165) is 57.1 Å². The molecule has 1 aromatic carbocycles. The van der Waals surface area contributed by atoms with Gasteiger partial charge in [0.25, 0.3) is 0 Å². The standard InChI is InChI=1S/C20H32N2O3/c1-5-22(6-2)20(23)17-9-8-12-21(15-17)14-16-10-11-18(24-4)19(13-16)25-7-3/h10-11,13,17H,5-9,12,14-15H2,1-4H3/p+1/t17-/m1/s1. The molecule has 1 aliphatic rings. The maximum absolute atomic E-state index is 12.7. The smallest absolute Gasteiger partial charge is 0.231 e. The van der Waals surface area contributed by atoms with Gasteiger partial charge in [-0.2, -0.15) is 0 Å². The number of nitrogens with one attached hydrogen (secondary N) is 1. The molecule has 1 aromatic rings. The van der Waals surface area contributed by atoms with Gasteiger partial charge >= 0.3 is 0 Å². The lowest BCUT2D eigenvalue weighted by molar-refractivity contribution is -0.921. The molecule has 2 atom stereocenters. The first-order chi connectivity index (χ1) is 12.1. The summed E-state index contributed by atoms with van der Waals surface area (Å²) in [5.74, 6) is 2.06. The molecule has 1 N–H and O–H groups in total. The van der Waals surface area contributed by atoms with E-state index < -0.39 is 0 Å². The maximum atomic E-state index is 12.7. The molecule has 0 radical (unpaired) electrons. The van der Waals surface area contributed by atoms with Crippen molar-refractivity contribution in [2.24, 2.45) is 5.92 Å². The molecule has 0 bridgehead atoms. The highest BCUT2D eigenvalue weighted by Crippen LogP contribution is 2.27. The highest BCUT2D eigenvalue weighted by atomic mass is 16.5. The Hall–Kier alpha value is -1.75. The summed E-state index contributed by atoms with van der Waals surface area (Å²) in [7, 11) is 1.66. The fourth-order valence-corrected chi connectivity index (χ4v) is 3.70. The van der Waals surface area contributed by atoms with E-state index in [1.807, 2.05) is 17.9 Å². The molecular weight excluding hydrogens is 316 g/mol. The average Bonchev–Trinajstić information content (AvgIpc) is 2.63. The number of ether oxygens (including phenoxy) is 2. The highest BCUT2D eigenvalue weighted by Gasteiger charge is 2.31. The molecule has 1 fully saturated rings. The Bertz CT molecular complexity index is 558. The lowest BCUT2D eigenvalue weighted by atomic mass is 9.96. The monoisotopic (exact) mass is 349 g/mol. The van der Waals surface area contributed by atoms with Crippen molar-refractivity contribution in [2.75, 3.05) is 39.9 Å². The van der Waals surface area contributed by atoms with E-state index in [-0.39, 0.29) is 5.92 Å². The number of hydrogen-bond acceptors (Lipinski definition) is 3. The minimum Gasteiger partial charge on any atom is -0.493 e. The summed E-state index contributed by atoms with van der Waals surface area (Å²) in [6, 6.07) is 6.15. The molecule has 2 rings (SSSR count). The number of carbonyl (C=O) groups is 1. The Labute approximate surface area is 151 Å². The molecule has 5 heteroatoms. The summed E-state index contributed by atoms with van der Waals surface area (Å²) in [6.45, 7) is 11.3. The zero-order valence-corrected chi connectivity index (χ0v) is 16.1. The van der Waals surface area contributed by atoms with Crippen molar-refractivity contribution in [3.63, 3.8) is 0 Å². The predicted octanol–water partition coefficient (Wildman–Crippen LogP) is 1.76. The molecule has 0 aromatic heterocycles. The third kappa shape index (κ3) is 5.11. The van der Waals surface area contributed by atoms with Crippen LogP contribution in [0.25, 0.3) is 0 Å². The zero-order chi connectivity index (χ0) is 18.2. The normalized spacial score (nSPS) is 20.2. The first-order valence-electron chi connectivity index (χ1n) is 9.54. The Morgan fingerprint density at radius 2 is 2.00 bits per heavy atom. The van der Waals surface area contributed by atoms with E-state index in [9.17, 15) is 4.79 Å². The molecular formula is C20H33N2O3+.